The van der Waals surface area contributed by atoms with Gasteiger partial charge < -0.3 is 10.4 Å². The lowest BCUT2D eigenvalue weighted by molar-refractivity contribution is -0.139. The van der Waals surface area contributed by atoms with Crippen molar-refractivity contribution in [1.82, 2.24) is 24.8 Å². The van der Waals surface area contributed by atoms with E-state index in [9.17, 15) is 9.59 Å². The highest BCUT2D eigenvalue weighted by Gasteiger charge is 2.35. The first-order chi connectivity index (χ1) is 11.9. The third-order valence-electron chi connectivity index (χ3n) is 4.80. The van der Waals surface area contributed by atoms with Crippen LogP contribution in [-0.4, -0.2) is 61.7 Å². The molecule has 0 saturated heterocycles. The molecule has 1 aliphatic rings. The zero-order chi connectivity index (χ0) is 18.1. The zero-order valence-corrected chi connectivity index (χ0v) is 14.7. The van der Waals surface area contributed by atoms with E-state index in [4.69, 9.17) is 5.11 Å². The molecule has 0 radical (unpaired) electrons. The molecular formula is C17H23N5O3. The third-order valence-corrected chi connectivity index (χ3v) is 4.80. The van der Waals surface area contributed by atoms with Crippen LogP contribution in [0.3, 0.4) is 0 Å². The van der Waals surface area contributed by atoms with Gasteiger partial charge >= 0.3 is 5.97 Å². The van der Waals surface area contributed by atoms with Gasteiger partial charge in [0.2, 0.25) is 0 Å². The number of carbonyl (C=O) groups excluding carboxylic acids is 1. The Balaban J connectivity index is 1.62. The van der Waals surface area contributed by atoms with Crippen molar-refractivity contribution in [3.8, 4) is 0 Å². The predicted molar refractivity (Wildman–Crippen MR) is 91.6 cm³/mol. The first kappa shape index (κ1) is 17.3. The fourth-order valence-electron chi connectivity index (χ4n) is 3.33. The van der Waals surface area contributed by atoms with Crippen LogP contribution in [0.2, 0.25) is 0 Å². The number of aromatic nitrogens is 3. The Morgan fingerprint density at radius 2 is 2.12 bits per heavy atom. The first-order valence-electron chi connectivity index (χ1n) is 8.47. The summed E-state index contributed by atoms with van der Waals surface area (Å²) in [7, 11) is 0. The highest BCUT2D eigenvalue weighted by atomic mass is 16.4. The van der Waals surface area contributed by atoms with Crippen LogP contribution in [0.1, 0.15) is 41.5 Å². The molecule has 25 heavy (non-hydrogen) atoms. The van der Waals surface area contributed by atoms with Gasteiger partial charge in [-0.25, -0.2) is 9.50 Å². The van der Waals surface area contributed by atoms with Crippen LogP contribution in [0.25, 0.3) is 5.65 Å². The molecule has 134 valence electrons. The largest absolute Gasteiger partial charge is 0.480 e. The van der Waals surface area contributed by atoms with Crippen molar-refractivity contribution >= 4 is 17.5 Å². The van der Waals surface area contributed by atoms with Crippen LogP contribution in [0.4, 0.5) is 0 Å². The number of fused-ring (bicyclic) bond motifs is 1. The second-order valence-electron chi connectivity index (χ2n) is 6.57. The number of rotatable bonds is 6. The van der Waals surface area contributed by atoms with Gasteiger partial charge in [0.1, 0.15) is 0 Å². The van der Waals surface area contributed by atoms with Crippen molar-refractivity contribution in [2.45, 2.75) is 45.7 Å². The maximum atomic E-state index is 12.5. The molecule has 3 rings (SSSR count). The Bertz CT molecular complexity index is 810. The highest BCUT2D eigenvalue weighted by Crippen LogP contribution is 2.26. The molecule has 0 atom stereocenters. The minimum atomic E-state index is -0.821. The SMILES string of the molecule is CCN(CC(=O)O)C1CC(NC(=O)c2cnc3cc(C)nn3c2C)C1. The van der Waals surface area contributed by atoms with E-state index >= 15 is 0 Å². The van der Waals surface area contributed by atoms with Gasteiger partial charge in [0, 0.05) is 24.3 Å². The van der Waals surface area contributed by atoms with E-state index in [2.05, 4.69) is 15.4 Å². The van der Waals surface area contributed by atoms with Crippen molar-refractivity contribution in [3.63, 3.8) is 0 Å². The molecule has 1 saturated carbocycles. The fourth-order valence-corrected chi connectivity index (χ4v) is 3.33. The van der Waals surface area contributed by atoms with Gasteiger partial charge in [-0.3, -0.25) is 14.5 Å². The highest BCUT2D eigenvalue weighted by molar-refractivity contribution is 5.95. The van der Waals surface area contributed by atoms with E-state index in [1.54, 1.807) is 10.7 Å². The van der Waals surface area contributed by atoms with Crippen molar-refractivity contribution < 1.29 is 14.7 Å². The summed E-state index contributed by atoms with van der Waals surface area (Å²) >= 11 is 0. The van der Waals surface area contributed by atoms with Gasteiger partial charge in [-0.1, -0.05) is 6.92 Å². The molecule has 0 spiro atoms. The number of likely N-dealkylation sites (N-methyl/N-ethyl adjacent to an activating group) is 1. The second kappa shape index (κ2) is 6.79. The molecule has 2 N–H and O–H groups in total. The third kappa shape index (κ3) is 3.48. The Kier molecular flexibility index (Phi) is 4.71. The molecule has 2 aromatic rings. The minimum absolute atomic E-state index is 0.0418. The van der Waals surface area contributed by atoms with Gasteiger partial charge in [0.15, 0.2) is 5.65 Å². The molecule has 0 bridgehead atoms. The van der Waals surface area contributed by atoms with E-state index < -0.39 is 5.97 Å². The lowest BCUT2D eigenvalue weighted by Crippen LogP contribution is -2.54. The zero-order valence-electron chi connectivity index (χ0n) is 14.7. The number of hydrogen-bond acceptors (Lipinski definition) is 5. The number of carboxylic acids is 1. The number of carboxylic acid groups (broad SMARTS) is 1. The van der Waals surface area contributed by atoms with E-state index in [0.717, 1.165) is 29.9 Å². The van der Waals surface area contributed by atoms with Crippen LogP contribution >= 0.6 is 0 Å². The first-order valence-corrected chi connectivity index (χ1v) is 8.47. The molecule has 0 aromatic carbocycles. The fraction of sp³-hybridized carbons (Fsp3) is 0.529. The van der Waals surface area contributed by atoms with Gasteiger partial charge in [0.05, 0.1) is 23.5 Å². The second-order valence-corrected chi connectivity index (χ2v) is 6.57. The molecule has 2 aromatic heterocycles. The summed E-state index contributed by atoms with van der Waals surface area (Å²) in [5.74, 6) is -0.983. The molecule has 1 fully saturated rings. The van der Waals surface area contributed by atoms with Crippen molar-refractivity contribution in [2.24, 2.45) is 0 Å². The van der Waals surface area contributed by atoms with Gasteiger partial charge in [0.25, 0.3) is 5.91 Å². The maximum absolute atomic E-state index is 12.5. The average molecular weight is 345 g/mol. The summed E-state index contributed by atoms with van der Waals surface area (Å²) in [4.78, 5) is 29.6. The molecule has 0 aliphatic heterocycles. The lowest BCUT2D eigenvalue weighted by Gasteiger charge is -2.42. The predicted octanol–water partition coefficient (Wildman–Crippen LogP) is 1.01. The van der Waals surface area contributed by atoms with Gasteiger partial charge in [-0.2, -0.15) is 5.10 Å². The Hall–Kier alpha value is -2.48. The van der Waals surface area contributed by atoms with E-state index in [-0.39, 0.29) is 24.5 Å². The van der Waals surface area contributed by atoms with Crippen LogP contribution in [0.5, 0.6) is 0 Å². The van der Waals surface area contributed by atoms with E-state index in [0.29, 0.717) is 12.1 Å². The summed E-state index contributed by atoms with van der Waals surface area (Å²) in [5.41, 5.74) is 2.85. The Morgan fingerprint density at radius 3 is 2.76 bits per heavy atom. The van der Waals surface area contributed by atoms with E-state index in [1.807, 2.05) is 31.7 Å². The summed E-state index contributed by atoms with van der Waals surface area (Å²) in [5, 5.41) is 16.3. The summed E-state index contributed by atoms with van der Waals surface area (Å²) < 4.78 is 1.68. The van der Waals surface area contributed by atoms with Gasteiger partial charge in [-0.15, -0.1) is 0 Å². The molecule has 8 heteroatoms. The maximum Gasteiger partial charge on any atom is 0.317 e. The average Bonchev–Trinajstić information content (AvgIpc) is 2.90. The summed E-state index contributed by atoms with van der Waals surface area (Å²) in [6.07, 6.45) is 3.12. The quantitative estimate of drug-likeness (QED) is 0.811. The van der Waals surface area contributed by atoms with E-state index in [1.165, 1.54) is 0 Å². The number of amides is 1. The van der Waals surface area contributed by atoms with Crippen LogP contribution < -0.4 is 5.32 Å². The minimum Gasteiger partial charge on any atom is -0.480 e. The number of aryl methyl sites for hydroxylation is 2. The number of aliphatic carboxylic acids is 1. The van der Waals surface area contributed by atoms with Crippen LogP contribution in [0, 0.1) is 13.8 Å². The molecule has 1 amide bonds. The molecule has 8 nitrogen and oxygen atoms in total. The Morgan fingerprint density at radius 1 is 1.40 bits per heavy atom. The smallest absolute Gasteiger partial charge is 0.317 e. The monoisotopic (exact) mass is 345 g/mol. The number of nitrogens with one attached hydrogen (secondary N) is 1. The number of nitrogens with zero attached hydrogens (tertiary/aromatic N) is 4. The lowest BCUT2D eigenvalue weighted by atomic mass is 9.85. The standard InChI is InChI=1S/C17H23N5O3/c1-4-21(9-16(23)24)13-6-12(7-13)19-17(25)14-8-18-15-5-10(2)20-22(15)11(14)3/h5,8,12-13H,4,6-7,9H2,1-3H3,(H,19,25)(H,23,24). The molecule has 0 unspecified atom stereocenters. The Labute approximate surface area is 145 Å². The molecule has 1 aliphatic carbocycles. The summed E-state index contributed by atoms with van der Waals surface area (Å²) in [6.45, 7) is 6.42. The number of hydrogen-bond donors (Lipinski definition) is 2. The molecule has 2 heterocycles. The summed E-state index contributed by atoms with van der Waals surface area (Å²) in [6, 6.07) is 2.14. The van der Waals surface area contributed by atoms with Gasteiger partial charge in [-0.05, 0) is 33.2 Å². The van der Waals surface area contributed by atoms with Crippen LogP contribution in [0.15, 0.2) is 12.3 Å². The molecular weight excluding hydrogens is 322 g/mol. The normalized spacial score (nSPS) is 19.8. The van der Waals surface area contributed by atoms with Crippen LogP contribution in [-0.2, 0) is 4.79 Å². The number of carbonyl (C=O) groups is 2. The topological polar surface area (TPSA) is 99.8 Å². The van der Waals surface area contributed by atoms with Crippen molar-refractivity contribution in [3.05, 3.63) is 29.2 Å². The van der Waals surface area contributed by atoms with Crippen molar-refractivity contribution in [1.29, 1.82) is 0 Å². The van der Waals surface area contributed by atoms with Crippen molar-refractivity contribution in [2.75, 3.05) is 13.1 Å².